The lowest BCUT2D eigenvalue weighted by molar-refractivity contribution is -0.145. The van der Waals surface area contributed by atoms with Gasteiger partial charge in [-0.3, -0.25) is 14.4 Å². The minimum absolute atomic E-state index is 0.270. The molecule has 0 fully saturated rings. The zero-order valence-corrected chi connectivity index (χ0v) is 16.8. The molecular weight excluding hydrogens is 358 g/mol. The molecule has 1 amide bonds. The van der Waals surface area contributed by atoms with Crippen molar-refractivity contribution in [3.63, 3.8) is 0 Å². The summed E-state index contributed by atoms with van der Waals surface area (Å²) in [6, 6.07) is 10.3. The Morgan fingerprint density at radius 2 is 1.68 bits per heavy atom. The van der Waals surface area contributed by atoms with Gasteiger partial charge < -0.3 is 14.8 Å². The third kappa shape index (κ3) is 5.19. The minimum Gasteiger partial charge on any atom is -0.497 e. The van der Waals surface area contributed by atoms with Gasteiger partial charge in [-0.15, -0.1) is 0 Å². The van der Waals surface area contributed by atoms with Gasteiger partial charge in [-0.05, 0) is 68.7 Å². The van der Waals surface area contributed by atoms with E-state index in [1.165, 1.54) is 14.0 Å². The zero-order chi connectivity index (χ0) is 20.8. The van der Waals surface area contributed by atoms with Crippen LogP contribution in [0.1, 0.15) is 44.3 Å². The van der Waals surface area contributed by atoms with E-state index >= 15 is 0 Å². The Morgan fingerprint density at radius 1 is 1.00 bits per heavy atom. The highest BCUT2D eigenvalue weighted by atomic mass is 16.5. The van der Waals surface area contributed by atoms with Gasteiger partial charge in [0.05, 0.1) is 7.11 Å². The van der Waals surface area contributed by atoms with Crippen LogP contribution in [-0.2, 0) is 9.53 Å². The quantitative estimate of drug-likeness (QED) is 0.587. The van der Waals surface area contributed by atoms with Crippen molar-refractivity contribution in [3.05, 3.63) is 64.2 Å². The molecule has 1 N–H and O–H groups in total. The second-order valence-corrected chi connectivity index (χ2v) is 6.66. The van der Waals surface area contributed by atoms with Crippen LogP contribution in [0.25, 0.3) is 0 Å². The van der Waals surface area contributed by atoms with Crippen LogP contribution in [0.15, 0.2) is 36.4 Å². The van der Waals surface area contributed by atoms with Crippen molar-refractivity contribution < 1.29 is 23.9 Å². The SMILES string of the molecule is COc1cccc(C(=O)NCC(=O)OC(C)C(=O)c2cc(C)c(C)cc2C)c1. The summed E-state index contributed by atoms with van der Waals surface area (Å²) < 4.78 is 10.3. The van der Waals surface area contributed by atoms with Crippen LogP contribution in [0.4, 0.5) is 0 Å². The molecule has 0 aliphatic carbocycles. The predicted molar refractivity (Wildman–Crippen MR) is 106 cm³/mol. The lowest BCUT2D eigenvalue weighted by atomic mass is 9.96. The molecule has 0 saturated carbocycles. The molecule has 0 aliphatic rings. The molecule has 0 bridgehead atoms. The van der Waals surface area contributed by atoms with Gasteiger partial charge in [0.1, 0.15) is 12.3 Å². The average molecular weight is 383 g/mol. The Morgan fingerprint density at radius 3 is 2.36 bits per heavy atom. The highest BCUT2D eigenvalue weighted by Crippen LogP contribution is 2.18. The van der Waals surface area contributed by atoms with Gasteiger partial charge in [0.15, 0.2) is 6.10 Å². The first-order chi connectivity index (χ1) is 13.2. The third-order valence-corrected chi connectivity index (χ3v) is 4.51. The van der Waals surface area contributed by atoms with Crippen LogP contribution < -0.4 is 10.1 Å². The van der Waals surface area contributed by atoms with Crippen molar-refractivity contribution in [1.82, 2.24) is 5.32 Å². The first kappa shape index (κ1) is 21.2. The fourth-order valence-corrected chi connectivity index (χ4v) is 2.76. The first-order valence-corrected chi connectivity index (χ1v) is 8.96. The van der Waals surface area contributed by atoms with Gasteiger partial charge in [0.25, 0.3) is 5.91 Å². The maximum Gasteiger partial charge on any atom is 0.326 e. The summed E-state index contributed by atoms with van der Waals surface area (Å²) in [4.78, 5) is 36.8. The standard InChI is InChI=1S/C22H25NO5/c1-13-9-15(3)19(10-14(13)2)21(25)16(4)28-20(24)12-23-22(26)17-7-6-8-18(11-17)27-5/h6-11,16H,12H2,1-5H3,(H,23,26). The normalized spacial score (nSPS) is 11.5. The van der Waals surface area contributed by atoms with E-state index in [0.29, 0.717) is 16.9 Å². The minimum atomic E-state index is -0.943. The number of carbonyl (C=O) groups excluding carboxylic acids is 3. The van der Waals surface area contributed by atoms with Crippen LogP contribution >= 0.6 is 0 Å². The van der Waals surface area contributed by atoms with Gasteiger partial charge in [-0.1, -0.05) is 12.1 Å². The van der Waals surface area contributed by atoms with Gasteiger partial charge in [0, 0.05) is 11.1 Å². The Hall–Kier alpha value is -3.15. The van der Waals surface area contributed by atoms with Gasteiger partial charge in [-0.2, -0.15) is 0 Å². The zero-order valence-electron chi connectivity index (χ0n) is 16.8. The van der Waals surface area contributed by atoms with E-state index in [0.717, 1.165) is 16.7 Å². The number of hydrogen-bond donors (Lipinski definition) is 1. The molecule has 1 unspecified atom stereocenters. The summed E-state index contributed by atoms with van der Waals surface area (Å²) in [5.41, 5.74) is 3.82. The number of rotatable bonds is 7. The number of ether oxygens (including phenoxy) is 2. The summed E-state index contributed by atoms with van der Waals surface area (Å²) in [6.07, 6.45) is -0.943. The summed E-state index contributed by atoms with van der Waals surface area (Å²) in [5, 5.41) is 2.48. The maximum atomic E-state index is 12.6. The fourth-order valence-electron chi connectivity index (χ4n) is 2.76. The van der Waals surface area contributed by atoms with Crippen molar-refractivity contribution in [2.24, 2.45) is 0 Å². The van der Waals surface area contributed by atoms with E-state index in [4.69, 9.17) is 9.47 Å². The van der Waals surface area contributed by atoms with E-state index < -0.39 is 18.0 Å². The number of nitrogens with one attached hydrogen (secondary N) is 1. The van der Waals surface area contributed by atoms with E-state index in [9.17, 15) is 14.4 Å². The lowest BCUT2D eigenvalue weighted by Gasteiger charge is -2.15. The summed E-state index contributed by atoms with van der Waals surface area (Å²) >= 11 is 0. The molecule has 6 nitrogen and oxygen atoms in total. The fraction of sp³-hybridized carbons (Fsp3) is 0.318. The first-order valence-electron chi connectivity index (χ1n) is 8.96. The number of methoxy groups -OCH3 is 1. The number of aryl methyl sites for hydroxylation is 3. The molecule has 148 valence electrons. The third-order valence-electron chi connectivity index (χ3n) is 4.51. The second kappa shape index (κ2) is 9.17. The Kier molecular flexibility index (Phi) is 6.93. The molecule has 2 aromatic carbocycles. The number of benzene rings is 2. The molecule has 1 atom stereocenters. The Balaban J connectivity index is 1.94. The van der Waals surface area contributed by atoms with E-state index in [1.807, 2.05) is 32.9 Å². The lowest BCUT2D eigenvalue weighted by Crippen LogP contribution is -2.34. The van der Waals surface area contributed by atoms with Crippen molar-refractivity contribution in [3.8, 4) is 5.75 Å². The summed E-state index contributed by atoms with van der Waals surface area (Å²) in [7, 11) is 1.50. The Bertz CT molecular complexity index is 904. The molecule has 0 aromatic heterocycles. The molecule has 2 rings (SSSR count). The molecule has 0 heterocycles. The molecule has 0 aliphatic heterocycles. The van der Waals surface area contributed by atoms with E-state index in [1.54, 1.807) is 24.3 Å². The highest BCUT2D eigenvalue weighted by molar-refractivity contribution is 6.02. The van der Waals surface area contributed by atoms with Crippen molar-refractivity contribution in [2.75, 3.05) is 13.7 Å². The van der Waals surface area contributed by atoms with Crippen LogP contribution in [0.2, 0.25) is 0 Å². The monoisotopic (exact) mass is 383 g/mol. The van der Waals surface area contributed by atoms with E-state index in [-0.39, 0.29) is 12.3 Å². The molecule has 28 heavy (non-hydrogen) atoms. The topological polar surface area (TPSA) is 81.7 Å². The number of ketones is 1. The van der Waals surface area contributed by atoms with Crippen LogP contribution in [0.3, 0.4) is 0 Å². The number of carbonyl (C=O) groups is 3. The molecule has 6 heteroatoms. The molecule has 2 aromatic rings. The molecular formula is C22H25NO5. The summed E-state index contributed by atoms with van der Waals surface area (Å²) in [6.45, 7) is 6.95. The van der Waals surface area contributed by atoms with Crippen molar-refractivity contribution in [2.45, 2.75) is 33.8 Å². The maximum absolute atomic E-state index is 12.6. The molecule has 0 spiro atoms. The second-order valence-electron chi connectivity index (χ2n) is 6.66. The van der Waals surface area contributed by atoms with Crippen LogP contribution in [0.5, 0.6) is 5.75 Å². The summed E-state index contributed by atoms with van der Waals surface area (Å²) in [5.74, 6) is -0.843. The molecule has 0 radical (unpaired) electrons. The predicted octanol–water partition coefficient (Wildman–Crippen LogP) is 3.16. The van der Waals surface area contributed by atoms with Gasteiger partial charge >= 0.3 is 5.97 Å². The van der Waals surface area contributed by atoms with Gasteiger partial charge in [0.2, 0.25) is 5.78 Å². The number of hydrogen-bond acceptors (Lipinski definition) is 5. The smallest absolute Gasteiger partial charge is 0.326 e. The van der Waals surface area contributed by atoms with E-state index in [2.05, 4.69) is 5.32 Å². The average Bonchev–Trinajstić information content (AvgIpc) is 2.68. The largest absolute Gasteiger partial charge is 0.497 e. The number of esters is 1. The van der Waals surface area contributed by atoms with Crippen molar-refractivity contribution in [1.29, 1.82) is 0 Å². The van der Waals surface area contributed by atoms with Crippen LogP contribution in [0, 0.1) is 20.8 Å². The number of Topliss-reactive ketones (excluding diaryl/α,β-unsaturated/α-hetero) is 1. The molecule has 0 saturated heterocycles. The number of amides is 1. The van der Waals surface area contributed by atoms with Crippen molar-refractivity contribution >= 4 is 17.7 Å². The van der Waals surface area contributed by atoms with Gasteiger partial charge in [-0.25, -0.2) is 0 Å². The Labute approximate surface area is 164 Å². The van der Waals surface area contributed by atoms with Crippen LogP contribution in [-0.4, -0.2) is 37.4 Å². The highest BCUT2D eigenvalue weighted by Gasteiger charge is 2.22.